The molecule has 106 valence electrons. The Bertz CT molecular complexity index is 282. The number of aliphatic hydroxyl groups is 3. The topological polar surface area (TPSA) is 89.8 Å². The molecule has 0 aromatic carbocycles. The number of amides is 1. The normalized spacial score (nSPS) is 36.7. The number of aliphatic hydroxyl groups excluding tert-OH is 3. The van der Waals surface area contributed by atoms with E-state index in [-0.39, 0.29) is 24.3 Å². The van der Waals surface area contributed by atoms with Crippen LogP contribution >= 0.6 is 0 Å². The summed E-state index contributed by atoms with van der Waals surface area (Å²) in [5, 5.41) is 32.2. The van der Waals surface area contributed by atoms with Gasteiger partial charge in [0.05, 0.1) is 18.2 Å². The molecule has 5 heteroatoms. The van der Waals surface area contributed by atoms with Crippen LogP contribution in [0.5, 0.6) is 0 Å². The standard InChI is InChI=1S/C13H25NO4/c1-7(2)4-10-9(6-15)5-11(17)12(13(10)18)14-8(3)16/h7,9-13,15,17-18H,4-6H2,1-3H3,(H,14,16). The fraction of sp³-hybridized carbons (Fsp3) is 0.923. The van der Waals surface area contributed by atoms with Gasteiger partial charge in [-0.05, 0) is 30.6 Å². The quantitative estimate of drug-likeness (QED) is 0.567. The molecule has 1 amide bonds. The molecule has 1 rings (SSSR count). The van der Waals surface area contributed by atoms with Gasteiger partial charge >= 0.3 is 0 Å². The Hall–Kier alpha value is -0.650. The van der Waals surface area contributed by atoms with Crippen molar-refractivity contribution in [1.29, 1.82) is 0 Å². The Morgan fingerprint density at radius 2 is 2.00 bits per heavy atom. The van der Waals surface area contributed by atoms with Gasteiger partial charge in [-0.3, -0.25) is 4.79 Å². The average Bonchev–Trinajstić information content (AvgIpc) is 2.27. The largest absolute Gasteiger partial charge is 0.396 e. The van der Waals surface area contributed by atoms with Gasteiger partial charge in [-0.1, -0.05) is 13.8 Å². The summed E-state index contributed by atoms with van der Waals surface area (Å²) in [4.78, 5) is 11.1. The first-order valence-electron chi connectivity index (χ1n) is 6.60. The highest BCUT2D eigenvalue weighted by molar-refractivity contribution is 5.73. The van der Waals surface area contributed by atoms with E-state index >= 15 is 0 Å². The predicted octanol–water partition coefficient (Wildman–Crippen LogP) is -0.113. The molecule has 0 aromatic rings. The second kappa shape index (κ2) is 6.50. The Morgan fingerprint density at radius 1 is 1.39 bits per heavy atom. The van der Waals surface area contributed by atoms with Gasteiger partial charge in [0.15, 0.2) is 0 Å². The lowest BCUT2D eigenvalue weighted by Crippen LogP contribution is -2.58. The minimum atomic E-state index is -0.808. The van der Waals surface area contributed by atoms with Crippen LogP contribution in [0.15, 0.2) is 0 Å². The van der Waals surface area contributed by atoms with Crippen LogP contribution in [0.3, 0.4) is 0 Å². The van der Waals surface area contributed by atoms with Crippen LogP contribution in [-0.2, 0) is 4.79 Å². The van der Waals surface area contributed by atoms with Crippen molar-refractivity contribution in [3.05, 3.63) is 0 Å². The zero-order valence-electron chi connectivity index (χ0n) is 11.3. The predicted molar refractivity (Wildman–Crippen MR) is 67.8 cm³/mol. The first-order valence-corrected chi connectivity index (χ1v) is 6.60. The summed E-state index contributed by atoms with van der Waals surface area (Å²) < 4.78 is 0. The molecule has 5 atom stereocenters. The van der Waals surface area contributed by atoms with E-state index in [4.69, 9.17) is 0 Å². The van der Waals surface area contributed by atoms with Crippen molar-refractivity contribution in [3.8, 4) is 0 Å². The lowest BCUT2D eigenvalue weighted by atomic mass is 9.70. The molecule has 1 aliphatic carbocycles. The first-order chi connectivity index (χ1) is 8.36. The Morgan fingerprint density at radius 3 is 2.44 bits per heavy atom. The van der Waals surface area contributed by atoms with Gasteiger partial charge < -0.3 is 20.6 Å². The second-order valence-corrected chi connectivity index (χ2v) is 5.76. The van der Waals surface area contributed by atoms with Gasteiger partial charge in [-0.15, -0.1) is 0 Å². The summed E-state index contributed by atoms with van der Waals surface area (Å²) in [6.07, 6.45) is -0.424. The molecule has 0 bridgehead atoms. The van der Waals surface area contributed by atoms with E-state index in [2.05, 4.69) is 19.2 Å². The molecular weight excluding hydrogens is 234 g/mol. The molecule has 1 saturated carbocycles. The van der Waals surface area contributed by atoms with Crippen molar-refractivity contribution in [3.63, 3.8) is 0 Å². The van der Waals surface area contributed by atoms with Gasteiger partial charge in [0.1, 0.15) is 0 Å². The highest BCUT2D eigenvalue weighted by Gasteiger charge is 2.43. The Kier molecular flexibility index (Phi) is 5.56. The van der Waals surface area contributed by atoms with Crippen LogP contribution in [0, 0.1) is 17.8 Å². The third-order valence-electron chi connectivity index (χ3n) is 3.72. The number of carbonyl (C=O) groups is 1. The highest BCUT2D eigenvalue weighted by atomic mass is 16.3. The van der Waals surface area contributed by atoms with Crippen molar-refractivity contribution >= 4 is 5.91 Å². The average molecular weight is 259 g/mol. The van der Waals surface area contributed by atoms with Gasteiger partial charge in [0.25, 0.3) is 0 Å². The molecule has 0 radical (unpaired) electrons. The summed E-state index contributed by atoms with van der Waals surface area (Å²) in [5.74, 6) is -0.0616. The maximum Gasteiger partial charge on any atom is 0.217 e. The maximum atomic E-state index is 11.1. The summed E-state index contributed by atoms with van der Waals surface area (Å²) in [5.41, 5.74) is 0. The summed E-state index contributed by atoms with van der Waals surface area (Å²) in [7, 11) is 0. The first kappa shape index (κ1) is 15.4. The molecule has 1 aliphatic rings. The van der Waals surface area contributed by atoms with Gasteiger partial charge in [0, 0.05) is 13.5 Å². The Balaban J connectivity index is 2.81. The molecule has 0 spiro atoms. The Labute approximate surface area is 108 Å². The minimum absolute atomic E-state index is 0.0434. The van der Waals surface area contributed by atoms with E-state index < -0.39 is 18.2 Å². The fourth-order valence-electron chi connectivity index (χ4n) is 2.91. The highest BCUT2D eigenvalue weighted by Crippen LogP contribution is 2.35. The SMILES string of the molecule is CC(=O)NC1C(O)CC(CO)C(CC(C)C)C1O. The third-order valence-corrected chi connectivity index (χ3v) is 3.72. The van der Waals surface area contributed by atoms with E-state index in [0.29, 0.717) is 12.3 Å². The number of rotatable bonds is 4. The number of hydrogen-bond acceptors (Lipinski definition) is 4. The lowest BCUT2D eigenvalue weighted by molar-refractivity contribution is -0.126. The smallest absolute Gasteiger partial charge is 0.217 e. The third kappa shape index (κ3) is 3.67. The van der Waals surface area contributed by atoms with Crippen LogP contribution < -0.4 is 5.32 Å². The molecule has 5 nitrogen and oxygen atoms in total. The summed E-state index contributed by atoms with van der Waals surface area (Å²) >= 11 is 0. The molecule has 4 N–H and O–H groups in total. The van der Waals surface area contributed by atoms with Crippen molar-refractivity contribution in [1.82, 2.24) is 5.32 Å². The van der Waals surface area contributed by atoms with E-state index in [1.54, 1.807) is 0 Å². The second-order valence-electron chi connectivity index (χ2n) is 5.76. The van der Waals surface area contributed by atoms with Crippen molar-refractivity contribution in [2.24, 2.45) is 17.8 Å². The van der Waals surface area contributed by atoms with E-state index in [0.717, 1.165) is 6.42 Å². The lowest BCUT2D eigenvalue weighted by Gasteiger charge is -2.43. The fourth-order valence-corrected chi connectivity index (χ4v) is 2.91. The molecule has 0 aliphatic heterocycles. The van der Waals surface area contributed by atoms with Crippen LogP contribution in [-0.4, -0.2) is 46.1 Å². The molecule has 0 aromatic heterocycles. The maximum absolute atomic E-state index is 11.1. The van der Waals surface area contributed by atoms with Gasteiger partial charge in [-0.25, -0.2) is 0 Å². The monoisotopic (exact) mass is 259 g/mol. The summed E-state index contributed by atoms with van der Waals surface area (Å²) in [6, 6.07) is -0.631. The van der Waals surface area contributed by atoms with E-state index in [1.165, 1.54) is 6.92 Å². The number of carbonyl (C=O) groups excluding carboxylic acids is 1. The molecular formula is C13H25NO4. The van der Waals surface area contributed by atoms with E-state index in [9.17, 15) is 20.1 Å². The molecule has 0 saturated heterocycles. The number of hydrogen-bond donors (Lipinski definition) is 4. The van der Waals surface area contributed by atoms with Crippen LogP contribution in [0.1, 0.15) is 33.6 Å². The number of nitrogens with one attached hydrogen (secondary N) is 1. The van der Waals surface area contributed by atoms with Gasteiger partial charge in [0.2, 0.25) is 5.91 Å². The van der Waals surface area contributed by atoms with Crippen LogP contribution in [0.25, 0.3) is 0 Å². The summed E-state index contributed by atoms with van der Waals surface area (Å²) in [6.45, 7) is 5.44. The molecule has 5 unspecified atom stereocenters. The zero-order valence-corrected chi connectivity index (χ0v) is 11.3. The van der Waals surface area contributed by atoms with E-state index in [1.807, 2.05) is 0 Å². The van der Waals surface area contributed by atoms with Crippen molar-refractivity contribution in [2.75, 3.05) is 6.61 Å². The molecule has 1 fully saturated rings. The zero-order chi connectivity index (χ0) is 13.9. The molecule has 0 heterocycles. The van der Waals surface area contributed by atoms with Crippen LogP contribution in [0.4, 0.5) is 0 Å². The van der Waals surface area contributed by atoms with Crippen LogP contribution in [0.2, 0.25) is 0 Å². The van der Waals surface area contributed by atoms with Crippen molar-refractivity contribution < 1.29 is 20.1 Å². The van der Waals surface area contributed by atoms with Gasteiger partial charge in [-0.2, -0.15) is 0 Å². The molecule has 18 heavy (non-hydrogen) atoms. The van der Waals surface area contributed by atoms with Crippen molar-refractivity contribution in [2.45, 2.75) is 51.9 Å². The minimum Gasteiger partial charge on any atom is -0.396 e.